The molecule has 16 heavy (non-hydrogen) atoms. The Labute approximate surface area is 95.4 Å². The van der Waals surface area contributed by atoms with Crippen LogP contribution in [0.3, 0.4) is 0 Å². The van der Waals surface area contributed by atoms with Crippen molar-refractivity contribution >= 4 is 5.97 Å². The van der Waals surface area contributed by atoms with E-state index in [9.17, 15) is 4.79 Å². The number of rotatable bonds is 3. The van der Waals surface area contributed by atoms with E-state index in [0.717, 1.165) is 42.9 Å². The van der Waals surface area contributed by atoms with Crippen molar-refractivity contribution in [3.63, 3.8) is 0 Å². The summed E-state index contributed by atoms with van der Waals surface area (Å²) in [6.45, 7) is 4.07. The van der Waals surface area contributed by atoms with Crippen molar-refractivity contribution in [2.75, 3.05) is 7.11 Å². The molecule has 0 aromatic carbocycles. The highest BCUT2D eigenvalue weighted by atomic mass is 16.5. The first-order chi connectivity index (χ1) is 7.64. The van der Waals surface area contributed by atoms with Crippen LogP contribution in [0.15, 0.2) is 0 Å². The van der Waals surface area contributed by atoms with Crippen LogP contribution in [0.25, 0.3) is 0 Å². The van der Waals surface area contributed by atoms with Gasteiger partial charge in [-0.05, 0) is 26.2 Å². The third-order valence-corrected chi connectivity index (χ3v) is 3.56. The Morgan fingerprint density at radius 2 is 2.25 bits per heavy atom. The summed E-state index contributed by atoms with van der Waals surface area (Å²) in [7, 11) is 1.44. The first-order valence-corrected chi connectivity index (χ1v) is 5.78. The minimum absolute atomic E-state index is 0.157. The highest BCUT2D eigenvalue weighted by molar-refractivity contribution is 5.83. The number of carbonyl (C=O) groups excluding carboxylic acids is 1. The van der Waals surface area contributed by atoms with E-state index in [-0.39, 0.29) is 5.97 Å². The lowest BCUT2D eigenvalue weighted by Gasteiger charge is -2.36. The van der Waals surface area contributed by atoms with Gasteiger partial charge in [-0.3, -0.25) is 4.79 Å². The highest BCUT2D eigenvalue weighted by Gasteiger charge is 2.49. The Hall–Kier alpha value is -1.32. The van der Waals surface area contributed by atoms with Gasteiger partial charge < -0.3 is 9.72 Å². The Morgan fingerprint density at radius 1 is 1.56 bits per heavy atom. The molecule has 1 aliphatic rings. The third-order valence-electron chi connectivity index (χ3n) is 3.56. The number of aromatic nitrogens is 2. The molecule has 1 N–H and O–H groups in total. The minimum atomic E-state index is -0.493. The van der Waals surface area contributed by atoms with Gasteiger partial charge in [0, 0.05) is 5.69 Å². The lowest BCUT2D eigenvalue weighted by atomic mass is 9.68. The van der Waals surface area contributed by atoms with Gasteiger partial charge in [-0.25, -0.2) is 4.98 Å². The lowest BCUT2D eigenvalue weighted by Crippen LogP contribution is -2.44. The van der Waals surface area contributed by atoms with Crippen LogP contribution in [0.4, 0.5) is 0 Å². The summed E-state index contributed by atoms with van der Waals surface area (Å²) in [6.07, 6.45) is 3.64. The third kappa shape index (κ3) is 1.44. The molecule has 4 heteroatoms. The fourth-order valence-corrected chi connectivity index (χ4v) is 2.33. The van der Waals surface area contributed by atoms with Crippen molar-refractivity contribution in [1.29, 1.82) is 0 Å². The average Bonchev–Trinajstić information content (AvgIpc) is 2.58. The van der Waals surface area contributed by atoms with Crippen LogP contribution < -0.4 is 0 Å². The molecule has 0 saturated heterocycles. The second kappa shape index (κ2) is 3.92. The van der Waals surface area contributed by atoms with Gasteiger partial charge in [-0.1, -0.05) is 13.3 Å². The zero-order valence-electron chi connectivity index (χ0n) is 10.1. The molecule has 1 aromatic heterocycles. The first-order valence-electron chi connectivity index (χ1n) is 5.78. The topological polar surface area (TPSA) is 55.0 Å². The number of H-pyrrole nitrogens is 1. The Kier molecular flexibility index (Phi) is 2.74. The summed E-state index contributed by atoms with van der Waals surface area (Å²) in [6, 6.07) is 0. The lowest BCUT2D eigenvalue weighted by molar-refractivity contribution is -0.151. The number of imidazole rings is 1. The van der Waals surface area contributed by atoms with Crippen molar-refractivity contribution in [2.45, 2.75) is 44.9 Å². The number of aryl methyl sites for hydroxylation is 2. The smallest absolute Gasteiger partial charge is 0.319 e. The number of carbonyl (C=O) groups is 1. The summed E-state index contributed by atoms with van der Waals surface area (Å²) in [4.78, 5) is 19.6. The van der Waals surface area contributed by atoms with Crippen LogP contribution in [0.2, 0.25) is 0 Å². The molecular weight excluding hydrogens is 204 g/mol. The number of hydrogen-bond donors (Lipinski definition) is 1. The number of hydrogen-bond acceptors (Lipinski definition) is 3. The SMILES string of the molecule is CCc1nc(C2(C(=O)OC)CCC2)[nH]c1C. The van der Waals surface area contributed by atoms with Crippen molar-refractivity contribution in [1.82, 2.24) is 9.97 Å². The molecule has 0 radical (unpaired) electrons. The maximum atomic E-state index is 11.8. The molecule has 0 unspecified atom stereocenters. The fourth-order valence-electron chi connectivity index (χ4n) is 2.33. The van der Waals surface area contributed by atoms with Crippen molar-refractivity contribution in [2.24, 2.45) is 0 Å². The van der Waals surface area contributed by atoms with Gasteiger partial charge in [-0.15, -0.1) is 0 Å². The quantitative estimate of drug-likeness (QED) is 0.794. The van der Waals surface area contributed by atoms with E-state index in [1.54, 1.807) is 0 Å². The summed E-state index contributed by atoms with van der Waals surface area (Å²) in [5, 5.41) is 0. The predicted octanol–water partition coefficient (Wildman–Crippen LogP) is 1.88. The molecule has 2 rings (SSSR count). The molecule has 1 saturated carbocycles. The van der Waals surface area contributed by atoms with E-state index < -0.39 is 5.41 Å². The van der Waals surface area contributed by atoms with Crippen LogP contribution in [0.1, 0.15) is 43.4 Å². The maximum absolute atomic E-state index is 11.8. The van der Waals surface area contributed by atoms with E-state index in [4.69, 9.17) is 4.74 Å². The molecule has 1 heterocycles. The zero-order chi connectivity index (χ0) is 11.8. The van der Waals surface area contributed by atoms with Gasteiger partial charge in [0.2, 0.25) is 0 Å². The molecule has 1 fully saturated rings. The number of esters is 1. The predicted molar refractivity (Wildman–Crippen MR) is 60.2 cm³/mol. The molecule has 88 valence electrons. The largest absolute Gasteiger partial charge is 0.468 e. The van der Waals surface area contributed by atoms with Crippen molar-refractivity contribution < 1.29 is 9.53 Å². The summed E-state index contributed by atoms with van der Waals surface area (Å²) >= 11 is 0. The fraction of sp³-hybridized carbons (Fsp3) is 0.667. The molecule has 0 aliphatic heterocycles. The standard InChI is InChI=1S/C12H18N2O2/c1-4-9-8(2)13-10(14-9)12(6-5-7-12)11(15)16-3/h4-7H2,1-3H3,(H,13,14). The molecule has 0 amide bonds. The van der Waals surface area contributed by atoms with Crippen LogP contribution in [-0.2, 0) is 21.4 Å². The number of aromatic amines is 1. The van der Waals surface area contributed by atoms with Gasteiger partial charge >= 0.3 is 5.97 Å². The van der Waals surface area contributed by atoms with Gasteiger partial charge in [0.05, 0.1) is 12.8 Å². The highest BCUT2D eigenvalue weighted by Crippen LogP contribution is 2.43. The number of nitrogens with zero attached hydrogens (tertiary/aromatic N) is 1. The number of nitrogens with one attached hydrogen (secondary N) is 1. The summed E-state index contributed by atoms with van der Waals surface area (Å²) < 4.78 is 4.90. The molecule has 0 spiro atoms. The summed E-state index contributed by atoms with van der Waals surface area (Å²) in [5.74, 6) is 0.634. The molecule has 4 nitrogen and oxygen atoms in total. The van der Waals surface area contributed by atoms with Crippen molar-refractivity contribution in [3.05, 3.63) is 17.2 Å². The maximum Gasteiger partial charge on any atom is 0.319 e. The first kappa shape index (κ1) is 11.2. The van der Waals surface area contributed by atoms with Gasteiger partial charge in [0.1, 0.15) is 11.2 Å². The minimum Gasteiger partial charge on any atom is -0.468 e. The molecule has 0 atom stereocenters. The summed E-state index contributed by atoms with van der Waals surface area (Å²) in [5.41, 5.74) is 1.62. The average molecular weight is 222 g/mol. The normalized spacial score (nSPS) is 17.9. The van der Waals surface area contributed by atoms with Crippen LogP contribution >= 0.6 is 0 Å². The van der Waals surface area contributed by atoms with Crippen LogP contribution in [0.5, 0.6) is 0 Å². The number of ether oxygens (including phenoxy) is 1. The monoisotopic (exact) mass is 222 g/mol. The van der Waals surface area contributed by atoms with E-state index in [1.807, 2.05) is 6.92 Å². The van der Waals surface area contributed by atoms with E-state index in [1.165, 1.54) is 7.11 Å². The van der Waals surface area contributed by atoms with E-state index in [0.29, 0.717) is 0 Å². The molecule has 1 aromatic rings. The van der Waals surface area contributed by atoms with Gasteiger partial charge in [-0.2, -0.15) is 0 Å². The molecule has 0 bridgehead atoms. The van der Waals surface area contributed by atoms with Crippen LogP contribution in [-0.4, -0.2) is 23.0 Å². The zero-order valence-corrected chi connectivity index (χ0v) is 10.1. The number of methoxy groups -OCH3 is 1. The van der Waals surface area contributed by atoms with Gasteiger partial charge in [0.25, 0.3) is 0 Å². The van der Waals surface area contributed by atoms with Gasteiger partial charge in [0.15, 0.2) is 0 Å². The Bertz CT molecular complexity index is 405. The van der Waals surface area contributed by atoms with Crippen molar-refractivity contribution in [3.8, 4) is 0 Å². The van der Waals surface area contributed by atoms with Crippen LogP contribution in [0, 0.1) is 6.92 Å². The second-order valence-electron chi connectivity index (χ2n) is 4.44. The molecular formula is C12H18N2O2. The van der Waals surface area contributed by atoms with E-state index in [2.05, 4.69) is 16.9 Å². The second-order valence-corrected chi connectivity index (χ2v) is 4.44. The molecule has 1 aliphatic carbocycles. The van der Waals surface area contributed by atoms with E-state index >= 15 is 0 Å². The Balaban J connectivity index is 2.37. The Morgan fingerprint density at radius 3 is 2.62 bits per heavy atom.